The SMILES string of the molecule is CC1=C(N2CCC(CC(=O)NC(C)(C)c3ccccc3)CC2)C(NC(=O)c2cccc(Cl)c2)=CC(Cl)=CCC1. The topological polar surface area (TPSA) is 61.4 Å². The van der Waals surface area contributed by atoms with Crippen molar-refractivity contribution in [2.75, 3.05) is 13.1 Å². The Balaban J connectivity index is 1.43. The quantitative estimate of drug-likeness (QED) is 0.370. The molecule has 1 aliphatic carbocycles. The summed E-state index contributed by atoms with van der Waals surface area (Å²) < 4.78 is 0. The maximum Gasteiger partial charge on any atom is 0.255 e. The van der Waals surface area contributed by atoms with E-state index in [1.807, 2.05) is 56.3 Å². The van der Waals surface area contributed by atoms with Gasteiger partial charge in [0.15, 0.2) is 0 Å². The summed E-state index contributed by atoms with van der Waals surface area (Å²) in [5.41, 5.74) is 4.07. The molecule has 2 N–H and O–H groups in total. The van der Waals surface area contributed by atoms with E-state index in [1.54, 1.807) is 24.3 Å². The van der Waals surface area contributed by atoms with Gasteiger partial charge in [0.05, 0.1) is 16.9 Å². The average Bonchev–Trinajstić information content (AvgIpc) is 2.89. The van der Waals surface area contributed by atoms with E-state index in [0.29, 0.717) is 33.7 Å². The van der Waals surface area contributed by atoms with E-state index in [-0.39, 0.29) is 11.8 Å². The minimum Gasteiger partial charge on any atom is -0.370 e. The number of carbonyl (C=O) groups is 2. The van der Waals surface area contributed by atoms with E-state index < -0.39 is 5.54 Å². The maximum atomic E-state index is 13.1. The largest absolute Gasteiger partial charge is 0.370 e. The highest BCUT2D eigenvalue weighted by Gasteiger charge is 2.29. The van der Waals surface area contributed by atoms with Crippen molar-refractivity contribution >= 4 is 35.0 Å². The zero-order valence-electron chi connectivity index (χ0n) is 22.9. The van der Waals surface area contributed by atoms with Crippen LogP contribution in [0.3, 0.4) is 0 Å². The molecular formula is C32H37Cl2N3O2. The van der Waals surface area contributed by atoms with Gasteiger partial charge < -0.3 is 15.5 Å². The third-order valence-electron chi connectivity index (χ3n) is 7.49. The summed E-state index contributed by atoms with van der Waals surface area (Å²) in [6, 6.07) is 17.0. The Kier molecular flexibility index (Phi) is 9.58. The van der Waals surface area contributed by atoms with Crippen LogP contribution in [0.1, 0.15) is 68.8 Å². The molecule has 0 radical (unpaired) electrons. The van der Waals surface area contributed by atoms with E-state index in [9.17, 15) is 9.59 Å². The van der Waals surface area contributed by atoms with Gasteiger partial charge in [-0.3, -0.25) is 9.59 Å². The lowest BCUT2D eigenvalue weighted by Gasteiger charge is -2.37. The second-order valence-corrected chi connectivity index (χ2v) is 11.8. The van der Waals surface area contributed by atoms with Crippen molar-refractivity contribution < 1.29 is 9.59 Å². The Labute approximate surface area is 241 Å². The molecule has 0 atom stereocenters. The Morgan fingerprint density at radius 3 is 2.44 bits per heavy atom. The number of likely N-dealkylation sites (tertiary alicyclic amines) is 1. The summed E-state index contributed by atoms with van der Waals surface area (Å²) in [7, 11) is 0. The second kappa shape index (κ2) is 12.9. The van der Waals surface area contributed by atoms with Crippen molar-refractivity contribution in [1.29, 1.82) is 0 Å². The zero-order valence-corrected chi connectivity index (χ0v) is 24.4. The van der Waals surface area contributed by atoms with Crippen LogP contribution in [0.4, 0.5) is 0 Å². The molecule has 0 aromatic heterocycles. The molecule has 0 saturated carbocycles. The lowest BCUT2D eigenvalue weighted by atomic mass is 9.90. The molecule has 0 bridgehead atoms. The number of hydrogen-bond donors (Lipinski definition) is 2. The molecule has 7 heteroatoms. The van der Waals surface area contributed by atoms with Crippen LogP contribution in [0.5, 0.6) is 0 Å². The van der Waals surface area contributed by atoms with E-state index >= 15 is 0 Å². The number of allylic oxidation sites excluding steroid dienone is 4. The highest BCUT2D eigenvalue weighted by atomic mass is 35.5. The molecule has 2 aliphatic rings. The summed E-state index contributed by atoms with van der Waals surface area (Å²) in [6.07, 6.45) is 7.82. The summed E-state index contributed by atoms with van der Waals surface area (Å²) >= 11 is 12.6. The maximum absolute atomic E-state index is 13.1. The molecule has 1 fully saturated rings. The first-order valence-electron chi connectivity index (χ1n) is 13.6. The van der Waals surface area contributed by atoms with Gasteiger partial charge in [-0.1, -0.05) is 65.7 Å². The van der Waals surface area contributed by atoms with Crippen LogP contribution in [0.25, 0.3) is 0 Å². The molecule has 2 aromatic carbocycles. The number of rotatable bonds is 7. The molecular weight excluding hydrogens is 529 g/mol. The first-order valence-corrected chi connectivity index (χ1v) is 14.3. The Hall–Kier alpha value is -3.02. The second-order valence-electron chi connectivity index (χ2n) is 11.0. The standard InChI is InChI=1S/C32H37Cl2N3O2/c1-22-9-7-13-27(34)21-28(35-31(39)24-10-8-14-26(33)20-24)30(22)37-17-15-23(16-18-37)19-29(38)36-32(2,3)25-11-5-4-6-12-25/h4-6,8,10-14,20-21,23H,7,9,15-19H2,1-3H3,(H,35,39)(H,36,38). The zero-order chi connectivity index (χ0) is 28.0. The monoisotopic (exact) mass is 565 g/mol. The average molecular weight is 567 g/mol. The predicted octanol–water partition coefficient (Wildman–Crippen LogP) is 7.30. The van der Waals surface area contributed by atoms with Crippen LogP contribution >= 0.6 is 23.2 Å². The summed E-state index contributed by atoms with van der Waals surface area (Å²) in [6.45, 7) is 7.81. The molecule has 2 amide bonds. The van der Waals surface area contributed by atoms with Gasteiger partial charge in [0, 0.05) is 35.1 Å². The Bertz CT molecular complexity index is 1290. The van der Waals surface area contributed by atoms with Gasteiger partial charge in [0.2, 0.25) is 5.91 Å². The van der Waals surface area contributed by atoms with E-state index in [4.69, 9.17) is 23.2 Å². The first kappa shape index (κ1) is 29.0. The van der Waals surface area contributed by atoms with Crippen LogP contribution in [0, 0.1) is 5.92 Å². The first-order chi connectivity index (χ1) is 18.6. The highest BCUT2D eigenvalue weighted by molar-refractivity contribution is 6.31. The molecule has 1 aliphatic heterocycles. The summed E-state index contributed by atoms with van der Waals surface area (Å²) in [5.74, 6) is 0.154. The molecule has 4 rings (SSSR count). The molecule has 1 heterocycles. The third-order valence-corrected chi connectivity index (χ3v) is 7.99. The van der Waals surface area contributed by atoms with Gasteiger partial charge in [-0.05, 0) is 87.8 Å². The van der Waals surface area contributed by atoms with Gasteiger partial charge in [0.25, 0.3) is 5.91 Å². The fourth-order valence-electron chi connectivity index (χ4n) is 5.35. The lowest BCUT2D eigenvalue weighted by Crippen LogP contribution is -2.43. The molecule has 1 saturated heterocycles. The lowest BCUT2D eigenvalue weighted by molar-refractivity contribution is -0.124. The van der Waals surface area contributed by atoms with Crippen LogP contribution in [-0.4, -0.2) is 29.8 Å². The number of nitrogens with zero attached hydrogens (tertiary/aromatic N) is 1. The van der Waals surface area contributed by atoms with Crippen molar-refractivity contribution in [3.63, 3.8) is 0 Å². The molecule has 0 unspecified atom stereocenters. The smallest absolute Gasteiger partial charge is 0.255 e. The van der Waals surface area contributed by atoms with E-state index in [0.717, 1.165) is 50.0 Å². The van der Waals surface area contributed by atoms with Crippen LogP contribution < -0.4 is 10.6 Å². The minimum absolute atomic E-state index is 0.0787. The number of nitrogens with one attached hydrogen (secondary N) is 2. The van der Waals surface area contributed by atoms with Gasteiger partial charge in [-0.25, -0.2) is 0 Å². The molecule has 206 valence electrons. The molecule has 0 spiro atoms. The number of piperidine rings is 1. The van der Waals surface area contributed by atoms with Crippen LogP contribution in [0.15, 0.2) is 88.7 Å². The highest BCUT2D eigenvalue weighted by Crippen LogP contribution is 2.31. The van der Waals surface area contributed by atoms with Crippen LogP contribution in [0.2, 0.25) is 5.02 Å². The molecule has 5 nitrogen and oxygen atoms in total. The number of carbonyl (C=O) groups excluding carboxylic acids is 2. The minimum atomic E-state index is -0.423. The molecule has 2 aromatic rings. The van der Waals surface area contributed by atoms with Crippen molar-refractivity contribution in [1.82, 2.24) is 15.5 Å². The van der Waals surface area contributed by atoms with Gasteiger partial charge in [0.1, 0.15) is 0 Å². The van der Waals surface area contributed by atoms with Crippen molar-refractivity contribution in [3.8, 4) is 0 Å². The fourth-order valence-corrected chi connectivity index (χ4v) is 5.76. The predicted molar refractivity (Wildman–Crippen MR) is 159 cm³/mol. The van der Waals surface area contributed by atoms with E-state index in [2.05, 4.69) is 22.5 Å². The fraction of sp³-hybridized carbons (Fsp3) is 0.375. The Morgan fingerprint density at radius 1 is 1.03 bits per heavy atom. The third kappa shape index (κ3) is 7.77. The van der Waals surface area contributed by atoms with Gasteiger partial charge in [-0.2, -0.15) is 0 Å². The van der Waals surface area contributed by atoms with Crippen molar-refractivity contribution in [2.24, 2.45) is 5.92 Å². The van der Waals surface area contributed by atoms with Crippen LogP contribution in [-0.2, 0) is 10.3 Å². The van der Waals surface area contributed by atoms with Crippen molar-refractivity contribution in [2.45, 2.75) is 58.4 Å². The van der Waals surface area contributed by atoms with Crippen molar-refractivity contribution in [3.05, 3.63) is 105 Å². The normalized spacial score (nSPS) is 17.1. The summed E-state index contributed by atoms with van der Waals surface area (Å²) in [4.78, 5) is 28.4. The van der Waals surface area contributed by atoms with Gasteiger partial charge >= 0.3 is 0 Å². The number of benzene rings is 2. The number of hydrogen-bond acceptors (Lipinski definition) is 3. The molecule has 39 heavy (non-hydrogen) atoms. The van der Waals surface area contributed by atoms with Gasteiger partial charge in [-0.15, -0.1) is 0 Å². The number of amides is 2. The van der Waals surface area contributed by atoms with E-state index in [1.165, 1.54) is 5.57 Å². The number of halogens is 2. The summed E-state index contributed by atoms with van der Waals surface area (Å²) in [5, 5.41) is 7.44. The Morgan fingerprint density at radius 2 is 1.74 bits per heavy atom.